The molecule has 1 aliphatic rings. The lowest BCUT2D eigenvalue weighted by Crippen LogP contribution is -2.31. The first-order valence-corrected chi connectivity index (χ1v) is 6.29. The predicted octanol–water partition coefficient (Wildman–Crippen LogP) is 1.53. The molecule has 18 heavy (non-hydrogen) atoms. The minimum Gasteiger partial charge on any atom is -0.489 e. The minimum atomic E-state index is -0.241. The van der Waals surface area contributed by atoms with E-state index in [1.165, 1.54) is 12.7 Å². The Hall–Kier alpha value is -1.55. The Morgan fingerprint density at radius 1 is 1.50 bits per heavy atom. The van der Waals surface area contributed by atoms with Crippen LogP contribution in [0, 0.1) is 0 Å². The van der Waals surface area contributed by atoms with Crippen LogP contribution in [0.5, 0.6) is 5.75 Å². The topological polar surface area (TPSA) is 47.6 Å². The Labute approximate surface area is 107 Å². The molecule has 1 aromatic carbocycles. The molecule has 1 fully saturated rings. The summed E-state index contributed by atoms with van der Waals surface area (Å²) in [6.07, 6.45) is 1.68. The zero-order valence-corrected chi connectivity index (χ0v) is 10.8. The number of benzene rings is 1. The number of hydrogen-bond donors (Lipinski definition) is 1. The van der Waals surface area contributed by atoms with Crippen molar-refractivity contribution >= 4 is 5.97 Å². The number of hydrogen-bond acceptors (Lipinski definition) is 4. The molecular weight excluding hydrogens is 230 g/mol. The third-order valence-electron chi connectivity index (χ3n) is 3.19. The summed E-state index contributed by atoms with van der Waals surface area (Å²) >= 11 is 0. The van der Waals surface area contributed by atoms with Gasteiger partial charge in [-0.05, 0) is 24.1 Å². The minimum absolute atomic E-state index is 0.0289. The van der Waals surface area contributed by atoms with Crippen molar-refractivity contribution in [3.05, 3.63) is 29.8 Å². The fourth-order valence-corrected chi connectivity index (χ4v) is 2.15. The van der Waals surface area contributed by atoms with Gasteiger partial charge in [-0.25, -0.2) is 0 Å². The molecule has 0 unspecified atom stereocenters. The van der Waals surface area contributed by atoms with Gasteiger partial charge in [-0.15, -0.1) is 0 Å². The Kier molecular flexibility index (Phi) is 4.20. The summed E-state index contributed by atoms with van der Waals surface area (Å²) in [6, 6.07) is 7.83. The highest BCUT2D eigenvalue weighted by molar-refractivity contribution is 5.76. The van der Waals surface area contributed by atoms with Crippen molar-refractivity contribution in [3.63, 3.8) is 0 Å². The smallest absolute Gasteiger partial charge is 0.323 e. The third kappa shape index (κ3) is 3.01. The van der Waals surface area contributed by atoms with Gasteiger partial charge in [-0.2, -0.15) is 0 Å². The molecule has 2 atom stereocenters. The quantitative estimate of drug-likeness (QED) is 0.822. The van der Waals surface area contributed by atoms with E-state index in [0.29, 0.717) is 13.0 Å². The molecule has 0 bridgehead atoms. The number of nitrogens with one attached hydrogen (secondary N) is 1. The van der Waals surface area contributed by atoms with Crippen LogP contribution < -0.4 is 10.1 Å². The maximum absolute atomic E-state index is 11.4. The highest BCUT2D eigenvalue weighted by Crippen LogP contribution is 2.19. The van der Waals surface area contributed by atoms with Crippen molar-refractivity contribution in [2.75, 3.05) is 13.7 Å². The first-order chi connectivity index (χ1) is 8.72. The second-order valence-electron chi connectivity index (χ2n) is 4.46. The molecule has 0 aromatic heterocycles. The van der Waals surface area contributed by atoms with E-state index >= 15 is 0 Å². The summed E-state index contributed by atoms with van der Waals surface area (Å²) in [7, 11) is 1.41. The fourth-order valence-electron chi connectivity index (χ4n) is 2.15. The summed E-state index contributed by atoms with van der Waals surface area (Å²) in [4.78, 5) is 11.4. The van der Waals surface area contributed by atoms with Crippen LogP contribution in [0.25, 0.3) is 0 Å². The van der Waals surface area contributed by atoms with Crippen LogP contribution in [0.1, 0.15) is 18.9 Å². The molecule has 0 saturated carbocycles. The van der Waals surface area contributed by atoms with E-state index in [-0.39, 0.29) is 18.1 Å². The van der Waals surface area contributed by atoms with Crippen LogP contribution in [-0.4, -0.2) is 31.8 Å². The van der Waals surface area contributed by atoms with Crippen LogP contribution in [0.4, 0.5) is 0 Å². The lowest BCUT2D eigenvalue weighted by Gasteiger charge is -2.13. The van der Waals surface area contributed by atoms with Crippen LogP contribution in [0.3, 0.4) is 0 Å². The Morgan fingerprint density at radius 3 is 3.06 bits per heavy atom. The van der Waals surface area contributed by atoms with Crippen molar-refractivity contribution in [1.29, 1.82) is 0 Å². The monoisotopic (exact) mass is 249 g/mol. The summed E-state index contributed by atoms with van der Waals surface area (Å²) in [5.74, 6) is 0.648. The van der Waals surface area contributed by atoms with Crippen molar-refractivity contribution in [3.8, 4) is 5.75 Å². The van der Waals surface area contributed by atoms with E-state index in [1.807, 2.05) is 18.2 Å². The largest absolute Gasteiger partial charge is 0.489 e. The fraction of sp³-hybridized carbons (Fsp3) is 0.500. The molecule has 1 saturated heterocycles. The van der Waals surface area contributed by atoms with Gasteiger partial charge in [-0.3, -0.25) is 4.79 Å². The summed E-state index contributed by atoms with van der Waals surface area (Å²) < 4.78 is 10.6. The van der Waals surface area contributed by atoms with E-state index in [1.54, 1.807) is 0 Å². The number of ether oxygens (including phenoxy) is 2. The van der Waals surface area contributed by atoms with E-state index in [2.05, 4.69) is 18.3 Å². The predicted molar refractivity (Wildman–Crippen MR) is 68.7 cm³/mol. The summed E-state index contributed by atoms with van der Waals surface area (Å²) in [6.45, 7) is 2.79. The first kappa shape index (κ1) is 12.9. The van der Waals surface area contributed by atoms with Gasteiger partial charge >= 0.3 is 5.97 Å². The van der Waals surface area contributed by atoms with Crippen LogP contribution in [-0.2, 0) is 16.0 Å². The van der Waals surface area contributed by atoms with E-state index < -0.39 is 0 Å². The van der Waals surface area contributed by atoms with E-state index in [4.69, 9.17) is 9.47 Å². The maximum atomic E-state index is 11.4. The molecule has 0 radical (unpaired) electrons. The van der Waals surface area contributed by atoms with Gasteiger partial charge in [0.1, 0.15) is 17.9 Å². The average Bonchev–Trinajstić information content (AvgIpc) is 2.86. The molecule has 4 heteroatoms. The van der Waals surface area contributed by atoms with Gasteiger partial charge < -0.3 is 14.8 Å². The van der Waals surface area contributed by atoms with Crippen LogP contribution in [0.2, 0.25) is 0 Å². The summed E-state index contributed by atoms with van der Waals surface area (Å²) in [5.41, 5.74) is 1.25. The molecule has 2 rings (SSSR count). The third-order valence-corrected chi connectivity index (χ3v) is 3.19. The lowest BCUT2D eigenvalue weighted by atomic mass is 10.1. The lowest BCUT2D eigenvalue weighted by molar-refractivity contribution is -0.142. The molecule has 4 nitrogen and oxygen atoms in total. The number of methoxy groups -OCH3 is 1. The van der Waals surface area contributed by atoms with Gasteiger partial charge in [-0.1, -0.05) is 19.1 Å². The molecule has 98 valence electrons. The van der Waals surface area contributed by atoms with Gasteiger partial charge in [0.2, 0.25) is 0 Å². The molecular formula is C14H19NO3. The van der Waals surface area contributed by atoms with Gasteiger partial charge in [0.25, 0.3) is 0 Å². The van der Waals surface area contributed by atoms with Crippen molar-refractivity contribution < 1.29 is 14.3 Å². The Morgan fingerprint density at radius 2 is 2.33 bits per heavy atom. The maximum Gasteiger partial charge on any atom is 0.323 e. The number of carbonyl (C=O) groups excluding carboxylic acids is 1. The Balaban J connectivity index is 1.92. The molecule has 0 spiro atoms. The number of esters is 1. The number of carbonyl (C=O) groups is 1. The second kappa shape index (κ2) is 5.87. The van der Waals surface area contributed by atoms with Gasteiger partial charge in [0.15, 0.2) is 0 Å². The molecule has 1 aliphatic heterocycles. The molecule has 0 aliphatic carbocycles. The van der Waals surface area contributed by atoms with Crippen molar-refractivity contribution in [2.45, 2.75) is 31.9 Å². The van der Waals surface area contributed by atoms with Gasteiger partial charge in [0, 0.05) is 13.0 Å². The van der Waals surface area contributed by atoms with Crippen molar-refractivity contribution in [2.24, 2.45) is 0 Å². The number of aryl methyl sites for hydroxylation is 1. The zero-order valence-electron chi connectivity index (χ0n) is 10.8. The SMILES string of the molecule is CCc1cccc(O[C@@H]2CN[C@H](C(=O)OC)C2)c1. The molecule has 1 aromatic rings. The average molecular weight is 249 g/mol. The second-order valence-corrected chi connectivity index (χ2v) is 4.46. The standard InChI is InChI=1S/C14H19NO3/c1-3-10-5-4-6-11(7-10)18-12-8-13(15-9-12)14(16)17-2/h4-7,12-13,15H,3,8-9H2,1-2H3/t12-,13-/m0/s1. The van der Waals surface area contributed by atoms with E-state index in [0.717, 1.165) is 12.2 Å². The highest BCUT2D eigenvalue weighted by Gasteiger charge is 2.31. The molecule has 0 amide bonds. The molecule has 1 heterocycles. The summed E-state index contributed by atoms with van der Waals surface area (Å²) in [5, 5.41) is 3.11. The normalized spacial score (nSPS) is 22.8. The zero-order chi connectivity index (χ0) is 13.0. The first-order valence-electron chi connectivity index (χ1n) is 6.29. The highest BCUT2D eigenvalue weighted by atomic mass is 16.5. The van der Waals surface area contributed by atoms with Crippen LogP contribution in [0.15, 0.2) is 24.3 Å². The van der Waals surface area contributed by atoms with E-state index in [9.17, 15) is 4.79 Å². The van der Waals surface area contributed by atoms with Crippen molar-refractivity contribution in [1.82, 2.24) is 5.32 Å². The number of rotatable bonds is 4. The molecule has 1 N–H and O–H groups in total. The van der Waals surface area contributed by atoms with Gasteiger partial charge in [0.05, 0.1) is 7.11 Å². The van der Waals surface area contributed by atoms with Crippen LogP contribution >= 0.6 is 0 Å². The Bertz CT molecular complexity index is 419.